The molecular weight excluding hydrogens is 873 g/mol. The molecule has 2 atom stereocenters. The number of ether oxygens (including phenoxy) is 8. The molecule has 18 heteroatoms. The Hall–Kier alpha value is -6.72. The lowest BCUT2D eigenvalue weighted by atomic mass is 9.76. The molecular formula is C49H62N2O16. The molecule has 0 heterocycles. The molecule has 2 unspecified atom stereocenters. The van der Waals surface area contributed by atoms with Crippen molar-refractivity contribution in [1.29, 1.82) is 0 Å². The van der Waals surface area contributed by atoms with Crippen molar-refractivity contribution in [2.24, 2.45) is 11.8 Å². The number of esters is 6. The van der Waals surface area contributed by atoms with Crippen LogP contribution in [0.5, 0.6) is 0 Å². The zero-order chi connectivity index (χ0) is 48.9. The molecule has 2 fully saturated rings. The van der Waals surface area contributed by atoms with Crippen molar-refractivity contribution in [3.63, 3.8) is 0 Å². The normalized spacial score (nSPS) is 18.6. The largest absolute Gasteiger partial charge is 0.459 e. The predicted octanol–water partition coefficient (Wildman–Crippen LogP) is 6.99. The second kappa shape index (κ2) is 27.0. The average Bonchev–Trinajstić information content (AvgIpc) is 3.30. The molecule has 2 aromatic rings. The van der Waals surface area contributed by atoms with E-state index in [1.165, 1.54) is 38.1 Å². The minimum Gasteiger partial charge on any atom is -0.459 e. The highest BCUT2D eigenvalue weighted by atomic mass is 16.6. The Balaban J connectivity index is 1.07. The van der Waals surface area contributed by atoms with Crippen LogP contribution in [0, 0.1) is 11.8 Å². The summed E-state index contributed by atoms with van der Waals surface area (Å²) in [6.07, 6.45) is 5.35. The summed E-state index contributed by atoms with van der Waals surface area (Å²) in [7, 11) is 0. The van der Waals surface area contributed by atoms with Gasteiger partial charge in [0.2, 0.25) is 0 Å². The van der Waals surface area contributed by atoms with Gasteiger partial charge in [-0.25, -0.2) is 38.4 Å². The number of carbonyl (C=O) groups is 8. The average molecular weight is 935 g/mol. The standard InChI is InChI=1S/C49H62N2O16/c1-30(2)42(52)60-23-25-62-44(54)38-11-7-9-13-40(38)46(56)64-28-32(5)66-48(58)50-36-19-15-34(16-20-36)27-35-17-21-37(22-18-35)51-49(59)67-33(6)29-65-47(57)41-14-10-8-12-39(41)45(55)63-26-24-61-43(53)31(3)4/h7-14,32-37H,1,3,15-29H2,2,4-6H3,(H,50,58)(H,51,59). The Morgan fingerprint density at radius 1 is 0.493 bits per heavy atom. The van der Waals surface area contributed by atoms with Gasteiger partial charge in [-0.2, -0.15) is 0 Å². The molecule has 4 rings (SSSR count). The fraction of sp³-hybridized carbons (Fsp3) is 0.510. The van der Waals surface area contributed by atoms with Crippen molar-refractivity contribution in [3.05, 3.63) is 95.1 Å². The monoisotopic (exact) mass is 934 g/mol. The van der Waals surface area contributed by atoms with Crippen LogP contribution in [-0.2, 0) is 47.5 Å². The molecule has 2 amide bonds. The number of benzene rings is 2. The van der Waals surface area contributed by atoms with E-state index < -0.39 is 60.2 Å². The zero-order valence-corrected chi connectivity index (χ0v) is 38.6. The lowest BCUT2D eigenvalue weighted by molar-refractivity contribution is -0.140. The number of rotatable bonds is 22. The Kier molecular flexibility index (Phi) is 21.4. The number of amides is 2. The maximum absolute atomic E-state index is 12.9. The molecule has 18 nitrogen and oxygen atoms in total. The Bertz CT molecular complexity index is 1940. The van der Waals surface area contributed by atoms with Crippen LogP contribution in [0.3, 0.4) is 0 Å². The van der Waals surface area contributed by atoms with Gasteiger partial charge in [0.05, 0.1) is 22.3 Å². The summed E-state index contributed by atoms with van der Waals surface area (Å²) in [5, 5.41) is 5.85. The summed E-state index contributed by atoms with van der Waals surface area (Å²) >= 11 is 0. The van der Waals surface area contributed by atoms with E-state index in [0.717, 1.165) is 57.8 Å². The Morgan fingerprint density at radius 2 is 0.791 bits per heavy atom. The first kappa shape index (κ1) is 52.9. The van der Waals surface area contributed by atoms with Gasteiger partial charge in [0, 0.05) is 23.2 Å². The molecule has 0 aliphatic heterocycles. The predicted molar refractivity (Wildman–Crippen MR) is 240 cm³/mol. The zero-order valence-electron chi connectivity index (χ0n) is 38.6. The van der Waals surface area contributed by atoms with Gasteiger partial charge in [0.1, 0.15) is 51.8 Å². The number of nitrogens with one attached hydrogen (secondary N) is 2. The van der Waals surface area contributed by atoms with Gasteiger partial charge < -0.3 is 48.5 Å². The third kappa shape index (κ3) is 18.2. The van der Waals surface area contributed by atoms with Crippen LogP contribution in [0.2, 0.25) is 0 Å². The van der Waals surface area contributed by atoms with Gasteiger partial charge in [-0.05, 0) is 122 Å². The Morgan fingerprint density at radius 3 is 1.10 bits per heavy atom. The summed E-state index contributed by atoms with van der Waals surface area (Å²) in [4.78, 5) is 99.4. The smallest absolute Gasteiger partial charge is 0.407 e. The lowest BCUT2D eigenvalue weighted by Crippen LogP contribution is -2.41. The minimum atomic E-state index is -0.797. The lowest BCUT2D eigenvalue weighted by Gasteiger charge is -2.34. The molecule has 364 valence electrons. The first-order valence-electron chi connectivity index (χ1n) is 22.5. The molecule has 67 heavy (non-hydrogen) atoms. The van der Waals surface area contributed by atoms with Crippen molar-refractivity contribution >= 4 is 48.0 Å². The summed E-state index contributed by atoms with van der Waals surface area (Å²) in [5.41, 5.74) is 0.304. The van der Waals surface area contributed by atoms with E-state index in [9.17, 15) is 38.4 Å². The van der Waals surface area contributed by atoms with Gasteiger partial charge in [-0.15, -0.1) is 0 Å². The van der Waals surface area contributed by atoms with Crippen LogP contribution in [0.25, 0.3) is 0 Å². The molecule has 0 bridgehead atoms. The topological polar surface area (TPSA) is 234 Å². The van der Waals surface area contributed by atoms with Gasteiger partial charge in [-0.3, -0.25) is 0 Å². The summed E-state index contributed by atoms with van der Waals surface area (Å²) in [6, 6.07) is 11.8. The van der Waals surface area contributed by atoms with Crippen molar-refractivity contribution in [2.45, 2.75) is 110 Å². The highest BCUT2D eigenvalue weighted by Crippen LogP contribution is 2.35. The second-order valence-electron chi connectivity index (χ2n) is 16.8. The highest BCUT2D eigenvalue weighted by molar-refractivity contribution is 6.04. The van der Waals surface area contributed by atoms with Crippen LogP contribution in [0.15, 0.2) is 72.8 Å². The number of hydrogen-bond acceptors (Lipinski definition) is 16. The van der Waals surface area contributed by atoms with E-state index in [1.807, 2.05) is 0 Å². The SMILES string of the molecule is C=C(C)C(=O)OCCOC(=O)c1ccccc1C(=O)OCC(C)OC(=O)NC1CCC(CC2CCC(NC(=O)OC(C)COC(=O)c3ccccc3C(=O)OCCOC(=O)C(=C)C)CC2)CC1. The van der Waals surface area contributed by atoms with Crippen molar-refractivity contribution in [1.82, 2.24) is 10.6 Å². The highest BCUT2D eigenvalue weighted by Gasteiger charge is 2.30. The number of alkyl carbamates (subject to hydrolysis) is 2. The van der Waals surface area contributed by atoms with Gasteiger partial charge in [-0.1, -0.05) is 37.4 Å². The van der Waals surface area contributed by atoms with E-state index in [0.29, 0.717) is 11.8 Å². The van der Waals surface area contributed by atoms with Crippen LogP contribution >= 0.6 is 0 Å². The third-order valence-corrected chi connectivity index (χ3v) is 11.0. The van der Waals surface area contributed by atoms with Crippen molar-refractivity contribution < 1.29 is 76.3 Å². The molecule has 0 aromatic heterocycles. The second-order valence-corrected chi connectivity index (χ2v) is 16.8. The van der Waals surface area contributed by atoms with Crippen LogP contribution in [0.1, 0.15) is 127 Å². The molecule has 2 saturated carbocycles. The fourth-order valence-corrected chi connectivity index (χ4v) is 7.55. The van der Waals surface area contributed by atoms with Gasteiger partial charge in [0.25, 0.3) is 0 Å². The maximum atomic E-state index is 12.9. The van der Waals surface area contributed by atoms with Crippen LogP contribution in [-0.4, -0.2) is 112 Å². The molecule has 0 saturated heterocycles. The third-order valence-electron chi connectivity index (χ3n) is 11.0. The van der Waals surface area contributed by atoms with Gasteiger partial charge in [0.15, 0.2) is 0 Å². The molecule has 2 aliphatic rings. The summed E-state index contributed by atoms with van der Waals surface area (Å²) in [6.45, 7) is 11.9. The summed E-state index contributed by atoms with van der Waals surface area (Å²) < 4.78 is 41.7. The molecule has 2 N–H and O–H groups in total. The Labute approximate surface area is 390 Å². The van der Waals surface area contributed by atoms with E-state index >= 15 is 0 Å². The quantitative estimate of drug-likeness (QED) is 0.0524. The minimum absolute atomic E-state index is 0.0287. The molecule has 0 spiro atoms. The van der Waals surface area contributed by atoms with E-state index in [1.54, 1.807) is 38.1 Å². The van der Waals surface area contributed by atoms with E-state index in [2.05, 4.69) is 23.8 Å². The van der Waals surface area contributed by atoms with Crippen LogP contribution < -0.4 is 10.6 Å². The maximum Gasteiger partial charge on any atom is 0.407 e. The fourth-order valence-electron chi connectivity index (χ4n) is 7.55. The molecule has 2 aliphatic carbocycles. The van der Waals surface area contributed by atoms with Crippen molar-refractivity contribution in [2.75, 3.05) is 39.6 Å². The molecule has 2 aromatic carbocycles. The number of hydrogen-bond donors (Lipinski definition) is 2. The van der Waals surface area contributed by atoms with Crippen LogP contribution in [0.4, 0.5) is 9.59 Å². The first-order chi connectivity index (χ1) is 32.0. The van der Waals surface area contributed by atoms with Gasteiger partial charge >= 0.3 is 48.0 Å². The molecule has 0 radical (unpaired) electrons. The number of carbonyl (C=O) groups excluding carboxylic acids is 8. The van der Waals surface area contributed by atoms with Crippen molar-refractivity contribution in [3.8, 4) is 0 Å². The van der Waals surface area contributed by atoms with E-state index in [-0.39, 0.29) is 85.1 Å². The summed E-state index contributed by atoms with van der Waals surface area (Å²) in [5.74, 6) is -3.37. The van der Waals surface area contributed by atoms with E-state index in [4.69, 9.17) is 37.9 Å². The first-order valence-corrected chi connectivity index (χ1v) is 22.5.